The predicted octanol–water partition coefficient (Wildman–Crippen LogP) is 2.54. The molecule has 0 radical (unpaired) electrons. The highest BCUT2D eigenvalue weighted by atomic mass is 16.4. The van der Waals surface area contributed by atoms with Gasteiger partial charge in [-0.25, -0.2) is 9.59 Å². The minimum atomic E-state index is -1.27. The summed E-state index contributed by atoms with van der Waals surface area (Å²) in [6.07, 6.45) is 0. The number of rotatable bonds is 5. The Labute approximate surface area is 118 Å². The molecule has 0 aliphatic heterocycles. The number of likely N-dealkylation sites (N-methyl/N-ethyl adjacent to an activating group) is 1. The highest BCUT2D eigenvalue weighted by Crippen LogP contribution is 2.19. The maximum absolute atomic E-state index is 12.2. The lowest BCUT2D eigenvalue weighted by Crippen LogP contribution is -2.56. The molecule has 0 fully saturated rings. The Kier molecular flexibility index (Phi) is 4.81. The number of carboxylic acids is 1. The average molecular weight is 282 g/mol. The molecule has 0 saturated carbocycles. The number of carboxylic acid groups (broad SMARTS) is 1. The number of carbonyl (C=O) groups is 2. The number of carbonyl (C=O) groups excluding carboxylic acids is 1. The Bertz CT molecular complexity index is 493. The van der Waals surface area contributed by atoms with Gasteiger partial charge in [-0.1, -0.05) is 0 Å². The lowest BCUT2D eigenvalue weighted by molar-refractivity contribution is -0.147. The van der Waals surface area contributed by atoms with Crippen molar-refractivity contribution in [3.63, 3.8) is 0 Å². The lowest BCUT2D eigenvalue weighted by atomic mass is 10.0. The predicted molar refractivity (Wildman–Crippen MR) is 74.5 cm³/mol. The zero-order valence-electron chi connectivity index (χ0n) is 12.6. The molecule has 6 heteroatoms. The molecule has 2 N–H and O–H groups in total. The normalized spacial score (nSPS) is 12.8. The monoisotopic (exact) mass is 282 g/mol. The Morgan fingerprint density at radius 2 is 2.05 bits per heavy atom. The fraction of sp³-hybridized carbons (Fsp3) is 0.571. The molecular weight excluding hydrogens is 260 g/mol. The lowest BCUT2D eigenvalue weighted by Gasteiger charge is -2.34. The molecular formula is C14H22N2O4. The van der Waals surface area contributed by atoms with Gasteiger partial charge in [0.05, 0.1) is 6.04 Å². The van der Waals surface area contributed by atoms with Gasteiger partial charge in [-0.2, -0.15) is 0 Å². The van der Waals surface area contributed by atoms with Gasteiger partial charge in [-0.15, -0.1) is 0 Å². The van der Waals surface area contributed by atoms with Crippen LogP contribution in [0.4, 0.5) is 4.79 Å². The Balaban J connectivity index is 2.80. The van der Waals surface area contributed by atoms with Gasteiger partial charge >= 0.3 is 12.0 Å². The molecule has 0 aliphatic rings. The summed E-state index contributed by atoms with van der Waals surface area (Å²) in [6, 6.07) is 2.85. The van der Waals surface area contributed by atoms with Crippen LogP contribution in [0.5, 0.6) is 0 Å². The summed E-state index contributed by atoms with van der Waals surface area (Å²) in [5.41, 5.74) is -1.27. The van der Waals surface area contributed by atoms with Crippen LogP contribution in [0.2, 0.25) is 0 Å². The molecule has 0 aromatic carbocycles. The van der Waals surface area contributed by atoms with Crippen molar-refractivity contribution >= 4 is 12.0 Å². The molecule has 0 saturated heterocycles. The van der Waals surface area contributed by atoms with E-state index >= 15 is 0 Å². The van der Waals surface area contributed by atoms with Crippen LogP contribution in [0.25, 0.3) is 0 Å². The topological polar surface area (TPSA) is 82.8 Å². The number of hydrogen-bond donors (Lipinski definition) is 2. The number of amides is 2. The van der Waals surface area contributed by atoms with E-state index in [4.69, 9.17) is 4.42 Å². The second-order valence-corrected chi connectivity index (χ2v) is 5.23. The van der Waals surface area contributed by atoms with Gasteiger partial charge in [0.1, 0.15) is 17.1 Å². The van der Waals surface area contributed by atoms with Crippen LogP contribution in [0.15, 0.2) is 16.5 Å². The largest absolute Gasteiger partial charge is 0.480 e. The second kappa shape index (κ2) is 5.98. The maximum Gasteiger partial charge on any atom is 0.329 e. The highest BCUT2D eigenvalue weighted by Gasteiger charge is 2.37. The fourth-order valence-electron chi connectivity index (χ4n) is 1.93. The van der Waals surface area contributed by atoms with E-state index < -0.39 is 17.5 Å². The van der Waals surface area contributed by atoms with Crippen molar-refractivity contribution in [3.05, 3.63) is 23.7 Å². The van der Waals surface area contributed by atoms with E-state index in [9.17, 15) is 14.7 Å². The second-order valence-electron chi connectivity index (χ2n) is 5.23. The standard InChI is InChI=1S/C14H22N2O4/c1-6-16(14(4,5)12(17)18)13(19)15-10(3)11-8-7-9(2)20-11/h7-8,10H,6H2,1-5H3,(H,15,19)(H,17,18). The number of aliphatic carboxylic acids is 1. The van der Waals surface area contributed by atoms with Crippen LogP contribution in [0, 0.1) is 6.92 Å². The van der Waals surface area contributed by atoms with E-state index in [1.165, 1.54) is 18.7 Å². The van der Waals surface area contributed by atoms with E-state index in [-0.39, 0.29) is 6.04 Å². The Morgan fingerprint density at radius 1 is 1.45 bits per heavy atom. The smallest absolute Gasteiger partial charge is 0.329 e. The molecule has 0 aliphatic carbocycles. The van der Waals surface area contributed by atoms with Crippen molar-refractivity contribution in [1.29, 1.82) is 0 Å². The Hall–Kier alpha value is -1.98. The molecule has 1 aromatic rings. The molecule has 0 bridgehead atoms. The quantitative estimate of drug-likeness (QED) is 0.869. The summed E-state index contributed by atoms with van der Waals surface area (Å²) in [5.74, 6) is 0.357. The summed E-state index contributed by atoms with van der Waals surface area (Å²) < 4.78 is 5.44. The summed E-state index contributed by atoms with van der Waals surface area (Å²) >= 11 is 0. The molecule has 0 spiro atoms. The third-order valence-corrected chi connectivity index (χ3v) is 3.29. The van der Waals surface area contributed by atoms with Crippen molar-refractivity contribution in [3.8, 4) is 0 Å². The first-order valence-electron chi connectivity index (χ1n) is 6.58. The SMILES string of the molecule is CCN(C(=O)NC(C)c1ccc(C)o1)C(C)(C)C(=O)O. The number of furan rings is 1. The van der Waals surface area contributed by atoms with Crippen LogP contribution >= 0.6 is 0 Å². The summed E-state index contributed by atoms with van der Waals surface area (Å²) in [4.78, 5) is 24.7. The zero-order valence-corrected chi connectivity index (χ0v) is 12.6. The van der Waals surface area contributed by atoms with Gasteiger partial charge in [-0.05, 0) is 46.8 Å². The van der Waals surface area contributed by atoms with Crippen molar-refractivity contribution in [2.75, 3.05) is 6.54 Å². The summed E-state index contributed by atoms with van der Waals surface area (Å²) in [6.45, 7) is 8.66. The number of urea groups is 1. The van der Waals surface area contributed by atoms with Crippen LogP contribution in [-0.4, -0.2) is 34.1 Å². The van der Waals surface area contributed by atoms with E-state index in [0.717, 1.165) is 5.76 Å². The minimum absolute atomic E-state index is 0.301. The fourth-order valence-corrected chi connectivity index (χ4v) is 1.93. The van der Waals surface area contributed by atoms with Crippen molar-refractivity contribution in [2.45, 2.75) is 46.2 Å². The first-order valence-corrected chi connectivity index (χ1v) is 6.58. The molecule has 1 aromatic heterocycles. The maximum atomic E-state index is 12.2. The van der Waals surface area contributed by atoms with Crippen LogP contribution in [0.3, 0.4) is 0 Å². The molecule has 1 rings (SSSR count). The van der Waals surface area contributed by atoms with E-state index in [0.29, 0.717) is 12.3 Å². The molecule has 6 nitrogen and oxygen atoms in total. The molecule has 112 valence electrons. The van der Waals surface area contributed by atoms with Crippen molar-refractivity contribution in [1.82, 2.24) is 10.2 Å². The van der Waals surface area contributed by atoms with E-state index in [1.54, 1.807) is 19.9 Å². The van der Waals surface area contributed by atoms with Gasteiger partial charge in [0.25, 0.3) is 0 Å². The average Bonchev–Trinajstić information content (AvgIpc) is 2.76. The number of nitrogens with one attached hydrogen (secondary N) is 1. The minimum Gasteiger partial charge on any atom is -0.480 e. The molecule has 1 heterocycles. The van der Waals surface area contributed by atoms with E-state index in [2.05, 4.69) is 5.32 Å². The molecule has 2 amide bonds. The van der Waals surface area contributed by atoms with Crippen molar-refractivity contribution < 1.29 is 19.1 Å². The first-order chi connectivity index (χ1) is 9.20. The molecule has 20 heavy (non-hydrogen) atoms. The summed E-state index contributed by atoms with van der Waals surface area (Å²) in [7, 11) is 0. The first kappa shape index (κ1) is 16.1. The highest BCUT2D eigenvalue weighted by molar-refractivity contribution is 5.85. The Morgan fingerprint density at radius 3 is 2.45 bits per heavy atom. The third kappa shape index (κ3) is 3.31. The summed E-state index contributed by atoms with van der Waals surface area (Å²) in [5, 5.41) is 12.0. The zero-order chi connectivity index (χ0) is 15.5. The van der Waals surface area contributed by atoms with Crippen LogP contribution < -0.4 is 5.32 Å². The van der Waals surface area contributed by atoms with Crippen molar-refractivity contribution in [2.24, 2.45) is 0 Å². The molecule has 1 unspecified atom stereocenters. The van der Waals surface area contributed by atoms with Crippen LogP contribution in [0.1, 0.15) is 45.3 Å². The van der Waals surface area contributed by atoms with Gasteiger partial charge in [0, 0.05) is 6.54 Å². The van der Waals surface area contributed by atoms with Gasteiger partial charge in [0.15, 0.2) is 0 Å². The van der Waals surface area contributed by atoms with Gasteiger partial charge in [-0.3, -0.25) is 0 Å². The van der Waals surface area contributed by atoms with Gasteiger partial charge in [0.2, 0.25) is 0 Å². The number of nitrogens with zero attached hydrogens (tertiary/aromatic N) is 1. The number of aryl methyl sites for hydroxylation is 1. The van der Waals surface area contributed by atoms with Gasteiger partial charge < -0.3 is 19.7 Å². The molecule has 1 atom stereocenters. The number of hydrogen-bond acceptors (Lipinski definition) is 3. The van der Waals surface area contributed by atoms with Crippen LogP contribution in [-0.2, 0) is 4.79 Å². The third-order valence-electron chi connectivity index (χ3n) is 3.29. The van der Waals surface area contributed by atoms with E-state index in [1.807, 2.05) is 13.0 Å².